The predicted octanol–water partition coefficient (Wildman–Crippen LogP) is 1.39. The molecule has 1 saturated heterocycles. The van der Waals surface area contributed by atoms with Crippen molar-refractivity contribution < 1.29 is 19.7 Å². The summed E-state index contributed by atoms with van der Waals surface area (Å²) in [6.07, 6.45) is 0.742. The van der Waals surface area contributed by atoms with Crippen LogP contribution >= 0.6 is 12.4 Å². The lowest BCUT2D eigenvalue weighted by atomic mass is 10.2. The second-order valence-electron chi connectivity index (χ2n) is 4.65. The van der Waals surface area contributed by atoms with Crippen LogP contribution in [0.25, 0.3) is 0 Å². The molecule has 1 aromatic carbocycles. The van der Waals surface area contributed by atoms with Gasteiger partial charge >= 0.3 is 5.69 Å². The molecule has 13 heteroatoms. The molecule has 0 spiro atoms. The average Bonchev–Trinajstić information content (AvgIpc) is 2.81. The number of rotatable bonds is 5. The lowest BCUT2D eigenvalue weighted by Crippen LogP contribution is -2.34. The van der Waals surface area contributed by atoms with Crippen LogP contribution in [0, 0.1) is 25.4 Å². The first-order chi connectivity index (χ1) is 11.0. The third kappa shape index (κ3) is 4.89. The van der Waals surface area contributed by atoms with Crippen LogP contribution in [-0.2, 0) is 0 Å². The van der Waals surface area contributed by atoms with Crippen molar-refractivity contribution in [2.45, 2.75) is 6.42 Å². The van der Waals surface area contributed by atoms with Crippen molar-refractivity contribution in [3.05, 3.63) is 43.6 Å². The number of nitrogens with zero attached hydrogens (tertiary/aromatic N) is 5. The van der Waals surface area contributed by atoms with E-state index in [1.165, 1.54) is 5.01 Å². The molecule has 0 aromatic heterocycles. The summed E-state index contributed by atoms with van der Waals surface area (Å²) < 4.78 is 0. The maximum absolute atomic E-state index is 11.8. The van der Waals surface area contributed by atoms with Gasteiger partial charge in [-0.1, -0.05) is 0 Å². The first kappa shape index (κ1) is 19.3. The largest absolute Gasteiger partial charge is 0.569 e. The first-order valence-electron chi connectivity index (χ1n) is 6.72. The van der Waals surface area contributed by atoms with Crippen molar-refractivity contribution in [1.82, 2.24) is 10.3 Å². The molecule has 0 amide bonds. The number of hydrogen-bond donors (Lipinski definition) is 1. The van der Waals surface area contributed by atoms with Gasteiger partial charge in [0, 0.05) is 12.6 Å². The highest BCUT2D eigenvalue weighted by molar-refractivity contribution is 5.85. The number of hydrazine groups is 1. The summed E-state index contributed by atoms with van der Waals surface area (Å²) >= 11 is 0. The minimum atomic E-state index is -0.844. The van der Waals surface area contributed by atoms with Gasteiger partial charge in [-0.25, -0.2) is 0 Å². The van der Waals surface area contributed by atoms with Gasteiger partial charge in [0.15, 0.2) is 0 Å². The zero-order valence-corrected chi connectivity index (χ0v) is 13.2. The van der Waals surface area contributed by atoms with E-state index in [9.17, 15) is 25.4 Å². The Morgan fingerprint density at radius 3 is 2.54 bits per heavy atom. The molecule has 2 rings (SSSR count). The van der Waals surface area contributed by atoms with E-state index >= 15 is 0 Å². The van der Waals surface area contributed by atoms with Crippen molar-refractivity contribution in [2.24, 2.45) is 5.28 Å². The van der Waals surface area contributed by atoms with E-state index in [0.29, 0.717) is 19.6 Å². The molecule has 0 atom stereocenters. The highest BCUT2D eigenvalue weighted by Crippen LogP contribution is 2.31. The van der Waals surface area contributed by atoms with E-state index in [-0.39, 0.29) is 23.1 Å². The topological polar surface area (TPSA) is 149 Å². The van der Waals surface area contributed by atoms with E-state index in [1.54, 1.807) is 0 Å². The Bertz CT molecular complexity index is 633. The van der Waals surface area contributed by atoms with Crippen molar-refractivity contribution >= 4 is 23.8 Å². The highest BCUT2D eigenvalue weighted by Gasteiger charge is 2.22. The monoisotopic (exact) mass is 362 g/mol. The van der Waals surface area contributed by atoms with Crippen LogP contribution in [0.5, 0.6) is 5.75 Å². The number of nitrogens with one attached hydrogen (secondary N) is 1. The lowest BCUT2D eigenvalue weighted by molar-refractivity contribution is -0.706. The molecule has 12 nitrogen and oxygen atoms in total. The van der Waals surface area contributed by atoms with E-state index in [4.69, 9.17) is 4.84 Å². The molecule has 0 unspecified atom stereocenters. The van der Waals surface area contributed by atoms with Crippen LogP contribution in [0.3, 0.4) is 0 Å². The van der Waals surface area contributed by atoms with Crippen molar-refractivity contribution in [1.29, 1.82) is 0 Å². The van der Waals surface area contributed by atoms with Crippen molar-refractivity contribution in [3.8, 4) is 5.75 Å². The molecular weight excluding hydrogens is 348 g/mol. The molecular formula is C11H15ClN6O6. The fraction of sp³-hybridized carbons (Fsp3) is 0.455. The molecule has 132 valence electrons. The lowest BCUT2D eigenvalue weighted by Gasteiger charge is -2.14. The zero-order chi connectivity index (χ0) is 16.8. The van der Waals surface area contributed by atoms with Crippen LogP contribution in [0.1, 0.15) is 6.42 Å². The smallest absolute Gasteiger partial charge is 0.321 e. The van der Waals surface area contributed by atoms with E-state index in [0.717, 1.165) is 31.2 Å². The summed E-state index contributed by atoms with van der Waals surface area (Å²) in [4.78, 5) is 25.0. The quantitative estimate of drug-likeness (QED) is 0.357. The van der Waals surface area contributed by atoms with Gasteiger partial charge in [-0.3, -0.25) is 25.1 Å². The fourth-order valence-electron chi connectivity index (χ4n) is 1.97. The Hall–Kier alpha value is -2.73. The van der Waals surface area contributed by atoms with E-state index in [1.807, 2.05) is 0 Å². The fourth-order valence-corrected chi connectivity index (χ4v) is 1.97. The minimum Gasteiger partial charge on any atom is -0.569 e. The highest BCUT2D eigenvalue weighted by atomic mass is 35.5. The van der Waals surface area contributed by atoms with Crippen LogP contribution in [0.4, 0.5) is 11.4 Å². The van der Waals surface area contributed by atoms with E-state index < -0.39 is 21.2 Å². The van der Waals surface area contributed by atoms with Crippen molar-refractivity contribution in [3.63, 3.8) is 0 Å². The van der Waals surface area contributed by atoms with Crippen LogP contribution in [-0.4, -0.2) is 46.0 Å². The first-order valence-corrected chi connectivity index (χ1v) is 6.72. The predicted molar refractivity (Wildman–Crippen MR) is 82.7 cm³/mol. The van der Waals surface area contributed by atoms with Gasteiger partial charge in [0.1, 0.15) is 0 Å². The Morgan fingerprint density at radius 1 is 1.12 bits per heavy atom. The second kappa shape index (κ2) is 8.79. The zero-order valence-electron chi connectivity index (χ0n) is 12.4. The SMILES string of the molecule is Cl.O=[N+]([O-])c1ccc(O/N=[N+](\[O-])N2CCCNCC2)c([N+](=O)[O-])c1. The molecule has 24 heavy (non-hydrogen) atoms. The number of nitro groups is 2. The summed E-state index contributed by atoms with van der Waals surface area (Å²) in [5, 5.41) is 41.2. The van der Waals surface area contributed by atoms with Gasteiger partial charge in [-0.2, -0.15) is 0 Å². The number of non-ortho nitro benzene ring substituents is 1. The molecule has 0 aliphatic carbocycles. The van der Waals surface area contributed by atoms with Gasteiger partial charge in [0.2, 0.25) is 11.0 Å². The summed E-state index contributed by atoms with van der Waals surface area (Å²) in [5.74, 6) is -0.352. The molecule has 1 heterocycles. The number of halogens is 1. The van der Waals surface area contributed by atoms with Gasteiger partial charge in [0.05, 0.1) is 34.0 Å². The third-order valence-electron chi connectivity index (χ3n) is 3.12. The van der Waals surface area contributed by atoms with E-state index in [2.05, 4.69) is 10.6 Å². The number of nitro benzene ring substituents is 2. The summed E-state index contributed by atoms with van der Waals surface area (Å²) in [5.41, 5.74) is -1.10. The minimum absolute atomic E-state index is 0. The maximum Gasteiger partial charge on any atom is 0.321 e. The van der Waals surface area contributed by atoms with Gasteiger partial charge in [-0.05, 0) is 19.0 Å². The summed E-state index contributed by atoms with van der Waals surface area (Å²) in [7, 11) is 0. The molecule has 1 fully saturated rings. The van der Waals surface area contributed by atoms with Gasteiger partial charge < -0.3 is 10.5 Å². The molecule has 1 N–H and O–H groups in total. The Morgan fingerprint density at radius 2 is 1.88 bits per heavy atom. The van der Waals surface area contributed by atoms with Gasteiger partial charge in [-0.15, -0.1) is 17.4 Å². The Kier molecular flexibility index (Phi) is 7.07. The van der Waals surface area contributed by atoms with Crippen molar-refractivity contribution in [2.75, 3.05) is 26.2 Å². The molecule has 1 aliphatic heterocycles. The van der Waals surface area contributed by atoms with Crippen LogP contribution in [0.2, 0.25) is 0 Å². The standard InChI is InChI=1S/C11H14N6O6.ClH/c18-15(19)9-2-3-11(10(8-9)16(20)21)23-13-17(22)14-6-1-4-12-5-7-14;/h2-3,8,12H,1,4-7H2;1H/b17-13-;. The van der Waals surface area contributed by atoms with Crippen LogP contribution < -0.4 is 10.2 Å². The van der Waals surface area contributed by atoms with Crippen LogP contribution in [0.15, 0.2) is 23.5 Å². The summed E-state index contributed by atoms with van der Waals surface area (Å²) in [6, 6.07) is 2.80. The molecule has 0 saturated carbocycles. The Labute approximate surface area is 141 Å². The van der Waals surface area contributed by atoms with Gasteiger partial charge in [0.25, 0.3) is 5.69 Å². The molecule has 1 aromatic rings. The average molecular weight is 363 g/mol. The third-order valence-corrected chi connectivity index (χ3v) is 3.12. The number of benzene rings is 1. The molecule has 0 radical (unpaired) electrons. The normalized spacial score (nSPS) is 15.2. The maximum atomic E-state index is 11.8. The number of hydrogen-bond acceptors (Lipinski definition) is 8. The summed E-state index contributed by atoms with van der Waals surface area (Å²) in [6.45, 7) is 2.26. The molecule has 0 bridgehead atoms. The second-order valence-corrected chi connectivity index (χ2v) is 4.65. The Balaban J connectivity index is 0.00000288. The molecule has 1 aliphatic rings.